The summed E-state index contributed by atoms with van der Waals surface area (Å²) in [6.45, 7) is 0.130. The number of benzene rings is 3. The summed E-state index contributed by atoms with van der Waals surface area (Å²) in [7, 11) is 0. The monoisotopic (exact) mass is 335 g/mol. The number of fused-ring (bicyclic) bond motifs is 1. The van der Waals surface area contributed by atoms with E-state index in [1.807, 2.05) is 72.8 Å². The summed E-state index contributed by atoms with van der Waals surface area (Å²) in [6, 6.07) is 23.4. The van der Waals surface area contributed by atoms with E-state index in [0.717, 1.165) is 16.3 Å². The third-order valence-electron chi connectivity index (χ3n) is 3.94. The predicted octanol–water partition coefficient (Wildman–Crippen LogP) is 2.94. The smallest absolute Gasteiger partial charge is 0.258 e. The molecular weight excluding hydrogens is 314 g/mol. The predicted molar refractivity (Wildman–Crippen MR) is 98.6 cm³/mol. The molecule has 25 heavy (non-hydrogen) atoms. The van der Waals surface area contributed by atoms with Gasteiger partial charge in [0.15, 0.2) is 6.61 Å². The molecule has 4 heteroatoms. The van der Waals surface area contributed by atoms with Crippen molar-refractivity contribution in [1.29, 1.82) is 0 Å². The van der Waals surface area contributed by atoms with Crippen LogP contribution in [0.3, 0.4) is 0 Å². The molecule has 4 nitrogen and oxygen atoms in total. The number of amides is 1. The second-order valence-corrected chi connectivity index (χ2v) is 5.95. The van der Waals surface area contributed by atoms with Crippen molar-refractivity contribution in [1.82, 2.24) is 5.32 Å². The van der Waals surface area contributed by atoms with Crippen molar-refractivity contribution in [2.45, 2.75) is 12.5 Å². The van der Waals surface area contributed by atoms with Crippen LogP contribution in [0.5, 0.6) is 5.75 Å². The highest BCUT2D eigenvalue weighted by Crippen LogP contribution is 2.20. The van der Waals surface area contributed by atoms with Crippen molar-refractivity contribution >= 4 is 16.7 Å². The lowest BCUT2D eigenvalue weighted by Gasteiger charge is -2.12. The van der Waals surface area contributed by atoms with Crippen molar-refractivity contribution in [3.8, 4) is 5.75 Å². The number of carbonyl (C=O) groups excluding carboxylic acids is 1. The van der Waals surface area contributed by atoms with Gasteiger partial charge in [0.05, 0.1) is 6.10 Å². The zero-order chi connectivity index (χ0) is 17.5. The van der Waals surface area contributed by atoms with Crippen LogP contribution in [-0.2, 0) is 11.2 Å². The minimum Gasteiger partial charge on any atom is -0.484 e. The summed E-state index contributed by atoms with van der Waals surface area (Å²) in [6.07, 6.45) is -0.112. The van der Waals surface area contributed by atoms with Crippen LogP contribution in [0.15, 0.2) is 72.8 Å². The molecule has 0 saturated carbocycles. The van der Waals surface area contributed by atoms with E-state index in [0.29, 0.717) is 12.2 Å². The van der Waals surface area contributed by atoms with Crippen LogP contribution in [0.2, 0.25) is 0 Å². The number of aliphatic hydroxyl groups excluding tert-OH is 1. The molecule has 0 radical (unpaired) electrons. The van der Waals surface area contributed by atoms with E-state index >= 15 is 0 Å². The van der Waals surface area contributed by atoms with Gasteiger partial charge in [-0.1, -0.05) is 60.7 Å². The Bertz CT molecular complexity index is 833. The van der Waals surface area contributed by atoms with Crippen LogP contribution in [0, 0.1) is 0 Å². The number of rotatable bonds is 7. The van der Waals surface area contributed by atoms with Gasteiger partial charge >= 0.3 is 0 Å². The molecule has 1 amide bonds. The zero-order valence-corrected chi connectivity index (χ0v) is 13.9. The maximum absolute atomic E-state index is 11.9. The first-order valence-corrected chi connectivity index (χ1v) is 8.31. The molecule has 2 N–H and O–H groups in total. The van der Waals surface area contributed by atoms with Crippen LogP contribution in [0.1, 0.15) is 5.56 Å². The second kappa shape index (κ2) is 8.31. The molecule has 3 aromatic carbocycles. The van der Waals surface area contributed by atoms with Crippen molar-refractivity contribution in [3.05, 3.63) is 78.4 Å². The van der Waals surface area contributed by atoms with Gasteiger partial charge in [0, 0.05) is 13.0 Å². The lowest BCUT2D eigenvalue weighted by atomic mass is 10.1. The molecule has 0 aliphatic carbocycles. The van der Waals surface area contributed by atoms with Crippen LogP contribution in [0.4, 0.5) is 0 Å². The van der Waals surface area contributed by atoms with E-state index in [4.69, 9.17) is 4.74 Å². The molecule has 0 saturated heterocycles. The Labute approximate surface area is 147 Å². The van der Waals surface area contributed by atoms with Crippen molar-refractivity contribution in [3.63, 3.8) is 0 Å². The highest BCUT2D eigenvalue weighted by molar-refractivity contribution is 5.84. The summed E-state index contributed by atoms with van der Waals surface area (Å²) in [5, 5.41) is 14.9. The lowest BCUT2D eigenvalue weighted by Crippen LogP contribution is -2.36. The Morgan fingerprint density at radius 3 is 2.48 bits per heavy atom. The van der Waals surface area contributed by atoms with Crippen LogP contribution in [-0.4, -0.2) is 30.3 Å². The molecule has 0 aromatic heterocycles. The minimum absolute atomic E-state index is 0.0730. The highest BCUT2D eigenvalue weighted by Gasteiger charge is 2.09. The van der Waals surface area contributed by atoms with Crippen molar-refractivity contribution in [2.75, 3.05) is 13.2 Å². The van der Waals surface area contributed by atoms with Gasteiger partial charge in [-0.15, -0.1) is 0 Å². The molecule has 0 bridgehead atoms. The Morgan fingerprint density at radius 1 is 0.960 bits per heavy atom. The average Bonchev–Trinajstić information content (AvgIpc) is 2.65. The Hall–Kier alpha value is -2.85. The summed E-state index contributed by atoms with van der Waals surface area (Å²) in [5.74, 6) is 0.402. The number of hydrogen-bond donors (Lipinski definition) is 2. The molecule has 3 aromatic rings. The molecule has 0 aliphatic rings. The molecule has 128 valence electrons. The van der Waals surface area contributed by atoms with Gasteiger partial charge in [0.25, 0.3) is 5.91 Å². The first-order chi connectivity index (χ1) is 12.2. The first-order valence-electron chi connectivity index (χ1n) is 8.31. The number of nitrogens with one attached hydrogen (secondary N) is 1. The first kappa shape index (κ1) is 17.0. The number of hydrogen-bond acceptors (Lipinski definition) is 3. The topological polar surface area (TPSA) is 58.6 Å². The van der Waals surface area contributed by atoms with Gasteiger partial charge in [0.2, 0.25) is 0 Å². The van der Waals surface area contributed by atoms with Crippen molar-refractivity contribution < 1.29 is 14.6 Å². The van der Waals surface area contributed by atoms with E-state index < -0.39 is 6.10 Å². The van der Waals surface area contributed by atoms with E-state index in [2.05, 4.69) is 5.32 Å². The fourth-order valence-electron chi connectivity index (χ4n) is 2.65. The third-order valence-corrected chi connectivity index (χ3v) is 3.94. The maximum Gasteiger partial charge on any atom is 0.258 e. The fraction of sp³-hybridized carbons (Fsp3) is 0.190. The van der Waals surface area contributed by atoms with E-state index in [9.17, 15) is 9.90 Å². The van der Waals surface area contributed by atoms with Gasteiger partial charge in [-0.3, -0.25) is 4.79 Å². The van der Waals surface area contributed by atoms with Crippen LogP contribution < -0.4 is 10.1 Å². The quantitative estimate of drug-likeness (QED) is 0.698. The van der Waals surface area contributed by atoms with Gasteiger partial charge in [-0.05, 0) is 28.5 Å². The minimum atomic E-state index is -0.619. The average molecular weight is 335 g/mol. The lowest BCUT2D eigenvalue weighted by molar-refractivity contribution is -0.123. The Morgan fingerprint density at radius 2 is 1.68 bits per heavy atom. The van der Waals surface area contributed by atoms with Gasteiger partial charge < -0.3 is 15.2 Å². The standard InChI is InChI=1S/C21H21NO3/c23-19(12-16-6-2-1-3-7-16)14-22-21(24)15-25-20-11-10-17-8-4-5-9-18(17)13-20/h1-11,13,19,23H,12,14-15H2,(H,22,24). The van der Waals surface area contributed by atoms with Crippen molar-refractivity contribution in [2.24, 2.45) is 0 Å². The van der Waals surface area contributed by atoms with Crippen LogP contribution in [0.25, 0.3) is 10.8 Å². The second-order valence-electron chi connectivity index (χ2n) is 5.95. The third kappa shape index (κ3) is 5.06. The SMILES string of the molecule is O=C(COc1ccc2ccccc2c1)NCC(O)Cc1ccccc1. The summed E-state index contributed by atoms with van der Waals surface area (Å²) >= 11 is 0. The summed E-state index contributed by atoms with van der Waals surface area (Å²) in [4.78, 5) is 11.9. The molecule has 0 spiro atoms. The van der Waals surface area contributed by atoms with Gasteiger partial charge in [-0.25, -0.2) is 0 Å². The largest absolute Gasteiger partial charge is 0.484 e. The summed E-state index contributed by atoms with van der Waals surface area (Å²) in [5.41, 5.74) is 1.04. The fourth-order valence-corrected chi connectivity index (χ4v) is 2.65. The molecule has 0 fully saturated rings. The van der Waals surface area contributed by atoms with E-state index in [1.54, 1.807) is 0 Å². The Balaban J connectivity index is 1.44. The Kier molecular flexibility index (Phi) is 5.65. The van der Waals surface area contributed by atoms with Gasteiger partial charge in [-0.2, -0.15) is 0 Å². The maximum atomic E-state index is 11.9. The molecule has 0 heterocycles. The number of carbonyl (C=O) groups is 1. The molecular formula is C21H21NO3. The number of ether oxygens (including phenoxy) is 1. The molecule has 1 atom stereocenters. The highest BCUT2D eigenvalue weighted by atomic mass is 16.5. The molecule has 3 rings (SSSR count). The van der Waals surface area contributed by atoms with Crippen LogP contribution >= 0.6 is 0 Å². The normalized spacial score (nSPS) is 11.9. The molecule has 0 aliphatic heterocycles. The van der Waals surface area contributed by atoms with E-state index in [-0.39, 0.29) is 19.1 Å². The molecule has 1 unspecified atom stereocenters. The van der Waals surface area contributed by atoms with Gasteiger partial charge in [0.1, 0.15) is 5.75 Å². The summed E-state index contributed by atoms with van der Waals surface area (Å²) < 4.78 is 5.53. The zero-order valence-electron chi connectivity index (χ0n) is 13.9. The number of aliphatic hydroxyl groups is 1. The van der Waals surface area contributed by atoms with E-state index in [1.165, 1.54) is 0 Å².